The zero-order valence-corrected chi connectivity index (χ0v) is 9.76. The van der Waals surface area contributed by atoms with Gasteiger partial charge in [-0.3, -0.25) is 0 Å². The van der Waals surface area contributed by atoms with Crippen molar-refractivity contribution in [1.82, 2.24) is 0 Å². The zero-order chi connectivity index (χ0) is 13.9. The van der Waals surface area contributed by atoms with Gasteiger partial charge in [0.2, 0.25) is 0 Å². The summed E-state index contributed by atoms with van der Waals surface area (Å²) in [4.78, 5) is 11.4. The molecule has 1 aromatic rings. The van der Waals surface area contributed by atoms with Crippen molar-refractivity contribution in [2.24, 2.45) is 0 Å². The monoisotopic (exact) mass is 257 g/mol. The summed E-state index contributed by atoms with van der Waals surface area (Å²) in [6.07, 6.45) is -4.35. The van der Waals surface area contributed by atoms with E-state index < -0.39 is 17.7 Å². The minimum atomic E-state index is -4.57. The third kappa shape index (κ3) is 2.62. The lowest BCUT2D eigenvalue weighted by molar-refractivity contribution is -0.137. The molecule has 3 nitrogen and oxygen atoms in total. The Morgan fingerprint density at radius 3 is 2.44 bits per heavy atom. The first kappa shape index (κ1) is 14.0. The Bertz CT molecular complexity index is 515. The second-order valence-electron chi connectivity index (χ2n) is 3.51. The normalized spacial score (nSPS) is 10.9. The number of hydrogen-bond donors (Lipinski definition) is 0. The van der Waals surface area contributed by atoms with E-state index in [1.54, 1.807) is 13.0 Å². The fourth-order valence-corrected chi connectivity index (χ4v) is 1.55. The molecule has 1 aromatic carbocycles. The lowest BCUT2D eigenvalue weighted by Crippen LogP contribution is -2.12. The number of nitriles is 1. The van der Waals surface area contributed by atoms with Gasteiger partial charge in [-0.1, -0.05) is 6.92 Å². The number of rotatable bonds is 2. The number of carbonyl (C=O) groups is 1. The number of aryl methyl sites for hydroxylation is 1. The highest BCUT2D eigenvalue weighted by Crippen LogP contribution is 2.32. The number of halogens is 3. The van der Waals surface area contributed by atoms with E-state index in [9.17, 15) is 18.0 Å². The van der Waals surface area contributed by atoms with Gasteiger partial charge in [0, 0.05) is 0 Å². The van der Waals surface area contributed by atoms with Crippen molar-refractivity contribution in [1.29, 1.82) is 5.26 Å². The summed E-state index contributed by atoms with van der Waals surface area (Å²) in [5, 5.41) is 8.93. The van der Waals surface area contributed by atoms with Crippen LogP contribution in [-0.2, 0) is 17.3 Å². The average molecular weight is 257 g/mol. The number of carbonyl (C=O) groups excluding carboxylic acids is 1. The lowest BCUT2D eigenvalue weighted by atomic mass is 9.96. The van der Waals surface area contributed by atoms with Gasteiger partial charge in [-0.25, -0.2) is 4.79 Å². The zero-order valence-electron chi connectivity index (χ0n) is 9.76. The van der Waals surface area contributed by atoms with E-state index in [-0.39, 0.29) is 23.1 Å². The predicted molar refractivity (Wildman–Crippen MR) is 56.9 cm³/mol. The van der Waals surface area contributed by atoms with Crippen molar-refractivity contribution < 1.29 is 22.7 Å². The van der Waals surface area contributed by atoms with E-state index in [0.717, 1.165) is 13.2 Å². The van der Waals surface area contributed by atoms with E-state index in [4.69, 9.17) is 5.26 Å². The third-order valence-electron chi connectivity index (χ3n) is 2.45. The lowest BCUT2D eigenvalue weighted by Gasteiger charge is -2.12. The molecule has 0 fully saturated rings. The fourth-order valence-electron chi connectivity index (χ4n) is 1.55. The molecule has 0 N–H and O–H groups in total. The fraction of sp³-hybridized carbons (Fsp3) is 0.333. The van der Waals surface area contributed by atoms with Crippen LogP contribution in [-0.4, -0.2) is 13.1 Å². The molecule has 0 heterocycles. The summed E-state index contributed by atoms with van der Waals surface area (Å²) < 4.78 is 42.3. The van der Waals surface area contributed by atoms with Gasteiger partial charge in [0.05, 0.1) is 23.8 Å². The Hall–Kier alpha value is -2.03. The van der Waals surface area contributed by atoms with Gasteiger partial charge in [0.25, 0.3) is 0 Å². The summed E-state index contributed by atoms with van der Waals surface area (Å²) in [5.41, 5.74) is -1.21. The summed E-state index contributed by atoms with van der Waals surface area (Å²) in [7, 11) is 1.05. The smallest absolute Gasteiger partial charge is 0.416 e. The standard InChI is InChI=1S/C12H10F3NO2/c1-3-7-4-8(12(13,14)15)5-9(10(7)6-16)11(17)18-2/h4-5H,3H2,1-2H3. The Kier molecular flexibility index (Phi) is 3.96. The van der Waals surface area contributed by atoms with Crippen LogP contribution in [0.15, 0.2) is 12.1 Å². The maximum absolute atomic E-state index is 12.7. The van der Waals surface area contributed by atoms with Crippen LogP contribution in [0.5, 0.6) is 0 Å². The summed E-state index contributed by atoms with van der Waals surface area (Å²) in [5.74, 6) is -0.952. The van der Waals surface area contributed by atoms with Crippen LogP contribution in [0.25, 0.3) is 0 Å². The van der Waals surface area contributed by atoms with Gasteiger partial charge in [-0.2, -0.15) is 18.4 Å². The Balaban J connectivity index is 3.57. The largest absolute Gasteiger partial charge is 0.465 e. The van der Waals surface area contributed by atoms with E-state index in [1.165, 1.54) is 0 Å². The second kappa shape index (κ2) is 5.08. The first-order valence-corrected chi connectivity index (χ1v) is 5.07. The van der Waals surface area contributed by atoms with Crippen LogP contribution < -0.4 is 0 Å². The van der Waals surface area contributed by atoms with Crippen LogP contribution in [0, 0.1) is 11.3 Å². The Morgan fingerprint density at radius 2 is 2.06 bits per heavy atom. The Labute approximate surface area is 102 Å². The van der Waals surface area contributed by atoms with Crippen LogP contribution in [0.2, 0.25) is 0 Å². The third-order valence-corrected chi connectivity index (χ3v) is 2.45. The molecule has 18 heavy (non-hydrogen) atoms. The molecule has 0 bridgehead atoms. The molecule has 1 rings (SSSR count). The van der Waals surface area contributed by atoms with Gasteiger partial charge >= 0.3 is 12.1 Å². The van der Waals surface area contributed by atoms with Gasteiger partial charge in [0.1, 0.15) is 6.07 Å². The number of nitrogens with zero attached hydrogens (tertiary/aromatic N) is 1. The molecule has 0 amide bonds. The molecular weight excluding hydrogens is 247 g/mol. The number of hydrogen-bond acceptors (Lipinski definition) is 3. The molecule has 0 atom stereocenters. The molecule has 0 saturated heterocycles. The van der Waals surface area contributed by atoms with Gasteiger partial charge in [-0.05, 0) is 24.1 Å². The maximum atomic E-state index is 12.7. The summed E-state index contributed by atoms with van der Waals surface area (Å²) in [6, 6.07) is 3.26. The molecule has 0 saturated carbocycles. The number of ether oxygens (including phenoxy) is 1. The van der Waals surface area contributed by atoms with Gasteiger partial charge in [-0.15, -0.1) is 0 Å². The van der Waals surface area contributed by atoms with Crippen molar-refractivity contribution in [3.05, 3.63) is 34.4 Å². The van der Waals surface area contributed by atoms with Crippen molar-refractivity contribution in [2.75, 3.05) is 7.11 Å². The van der Waals surface area contributed by atoms with Crippen molar-refractivity contribution >= 4 is 5.97 Å². The summed E-state index contributed by atoms with van der Waals surface area (Å²) in [6.45, 7) is 1.61. The minimum Gasteiger partial charge on any atom is -0.465 e. The topological polar surface area (TPSA) is 50.1 Å². The van der Waals surface area contributed by atoms with Crippen molar-refractivity contribution in [3.63, 3.8) is 0 Å². The van der Waals surface area contributed by atoms with Crippen LogP contribution >= 0.6 is 0 Å². The number of alkyl halides is 3. The second-order valence-corrected chi connectivity index (χ2v) is 3.51. The number of benzene rings is 1. The molecule has 96 valence electrons. The van der Waals surface area contributed by atoms with E-state index >= 15 is 0 Å². The molecule has 0 spiro atoms. The summed E-state index contributed by atoms with van der Waals surface area (Å²) >= 11 is 0. The maximum Gasteiger partial charge on any atom is 0.416 e. The van der Waals surface area contributed by atoms with Crippen LogP contribution in [0.3, 0.4) is 0 Å². The number of esters is 1. The first-order valence-electron chi connectivity index (χ1n) is 5.07. The average Bonchev–Trinajstić information content (AvgIpc) is 2.34. The van der Waals surface area contributed by atoms with Crippen LogP contribution in [0.4, 0.5) is 13.2 Å². The molecule has 0 aliphatic carbocycles. The molecule has 6 heteroatoms. The molecule has 0 aromatic heterocycles. The predicted octanol–water partition coefficient (Wildman–Crippen LogP) is 2.93. The quantitative estimate of drug-likeness (QED) is 0.765. The molecule has 0 radical (unpaired) electrons. The van der Waals surface area contributed by atoms with Crippen molar-refractivity contribution in [2.45, 2.75) is 19.5 Å². The highest BCUT2D eigenvalue weighted by atomic mass is 19.4. The highest BCUT2D eigenvalue weighted by molar-refractivity contribution is 5.93. The van der Waals surface area contributed by atoms with Gasteiger partial charge < -0.3 is 4.74 Å². The Morgan fingerprint density at radius 1 is 1.44 bits per heavy atom. The highest BCUT2D eigenvalue weighted by Gasteiger charge is 2.33. The van der Waals surface area contributed by atoms with E-state index in [2.05, 4.69) is 4.74 Å². The van der Waals surface area contributed by atoms with Gasteiger partial charge in [0.15, 0.2) is 0 Å². The van der Waals surface area contributed by atoms with Crippen molar-refractivity contribution in [3.8, 4) is 6.07 Å². The molecule has 0 unspecified atom stereocenters. The van der Waals surface area contributed by atoms with Crippen LogP contribution in [0.1, 0.15) is 34.0 Å². The number of methoxy groups -OCH3 is 1. The molecule has 0 aliphatic rings. The molecule has 0 aliphatic heterocycles. The first-order chi connectivity index (χ1) is 8.35. The molecular formula is C12H10F3NO2. The SMILES string of the molecule is CCc1cc(C(F)(F)F)cc(C(=O)OC)c1C#N. The van der Waals surface area contributed by atoms with E-state index in [1.807, 2.05) is 0 Å². The minimum absolute atomic E-state index is 0.0719. The van der Waals surface area contributed by atoms with E-state index in [0.29, 0.717) is 6.07 Å².